The molecular weight excluding hydrogens is 406 g/mol. The Hall–Kier alpha value is -1.55. The molecule has 10 heteroatoms. The highest BCUT2D eigenvalue weighted by molar-refractivity contribution is 7.89. The van der Waals surface area contributed by atoms with Crippen molar-refractivity contribution in [1.82, 2.24) is 15.4 Å². The molecule has 1 atom stereocenters. The average molecular weight is 434 g/mol. The molecule has 1 aromatic rings. The van der Waals surface area contributed by atoms with Crippen LogP contribution in [0.2, 0.25) is 0 Å². The molecule has 2 heterocycles. The summed E-state index contributed by atoms with van der Waals surface area (Å²) in [4.78, 5) is 12.6. The molecule has 158 valence electrons. The van der Waals surface area contributed by atoms with E-state index in [-0.39, 0.29) is 29.1 Å². The molecule has 0 aromatic heterocycles. The predicted molar refractivity (Wildman–Crippen MR) is 108 cm³/mol. The molecule has 2 aliphatic rings. The highest BCUT2D eigenvalue weighted by Crippen LogP contribution is 2.32. The number of ether oxygens (including phenoxy) is 2. The Labute approximate surface area is 172 Å². The average Bonchev–Trinajstić information content (AvgIpc) is 2.82. The van der Waals surface area contributed by atoms with Gasteiger partial charge < -0.3 is 20.1 Å². The number of hydrogen-bond acceptors (Lipinski definition) is 6. The molecule has 0 saturated carbocycles. The van der Waals surface area contributed by atoms with Gasteiger partial charge in [-0.25, -0.2) is 8.42 Å². The van der Waals surface area contributed by atoms with Crippen LogP contribution in [-0.2, 0) is 14.8 Å². The van der Waals surface area contributed by atoms with Crippen LogP contribution in [0.1, 0.15) is 20.3 Å². The van der Waals surface area contributed by atoms with Crippen LogP contribution in [0.3, 0.4) is 0 Å². The molecule has 28 heavy (non-hydrogen) atoms. The van der Waals surface area contributed by atoms with Gasteiger partial charge in [0, 0.05) is 38.0 Å². The van der Waals surface area contributed by atoms with E-state index in [0.29, 0.717) is 37.2 Å². The van der Waals surface area contributed by atoms with Crippen LogP contribution in [0.25, 0.3) is 0 Å². The molecule has 1 aromatic carbocycles. The van der Waals surface area contributed by atoms with Gasteiger partial charge in [-0.2, -0.15) is 4.72 Å². The standard InChI is InChI=1S/C18H27N3O5S.ClH/c1-12(2)17(18(22)20-11-13-9-19-10-13)21-27(23,24)14-4-5-15-16(8-14)26-7-3-6-25-15;/h4-5,8,12-13,17,19,21H,3,6-7,9-11H2,1-2H3,(H,20,22);1H. The molecule has 0 bridgehead atoms. The second-order valence-corrected chi connectivity index (χ2v) is 8.99. The Kier molecular flexibility index (Phi) is 7.94. The Balaban J connectivity index is 0.00000280. The van der Waals surface area contributed by atoms with Gasteiger partial charge in [0.15, 0.2) is 11.5 Å². The zero-order chi connectivity index (χ0) is 19.4. The van der Waals surface area contributed by atoms with Crippen molar-refractivity contribution < 1.29 is 22.7 Å². The SMILES string of the molecule is CC(C)C(NS(=O)(=O)c1ccc2c(c1)OCCCO2)C(=O)NCC1CNC1.Cl. The van der Waals surface area contributed by atoms with E-state index < -0.39 is 16.1 Å². The molecule has 0 radical (unpaired) electrons. The number of carbonyl (C=O) groups excluding carboxylic acids is 1. The second-order valence-electron chi connectivity index (χ2n) is 7.27. The van der Waals surface area contributed by atoms with Crippen molar-refractivity contribution in [2.45, 2.75) is 31.2 Å². The van der Waals surface area contributed by atoms with Crippen LogP contribution in [0.4, 0.5) is 0 Å². The van der Waals surface area contributed by atoms with Crippen LogP contribution in [0.5, 0.6) is 11.5 Å². The van der Waals surface area contributed by atoms with Gasteiger partial charge in [-0.15, -0.1) is 12.4 Å². The number of amides is 1. The van der Waals surface area contributed by atoms with Gasteiger partial charge in [-0.05, 0) is 18.1 Å². The number of hydrogen-bond donors (Lipinski definition) is 3. The number of fused-ring (bicyclic) bond motifs is 1. The summed E-state index contributed by atoms with van der Waals surface area (Å²) < 4.78 is 39.3. The third-order valence-corrected chi connectivity index (χ3v) is 6.13. The summed E-state index contributed by atoms with van der Waals surface area (Å²) in [5.41, 5.74) is 0. The van der Waals surface area contributed by atoms with Gasteiger partial charge in [0.05, 0.1) is 18.1 Å². The molecular formula is C18H28ClN3O5S. The predicted octanol–water partition coefficient (Wildman–Crippen LogP) is 0.908. The molecule has 1 amide bonds. The molecule has 0 aliphatic carbocycles. The lowest BCUT2D eigenvalue weighted by atomic mass is 10.0. The van der Waals surface area contributed by atoms with E-state index in [9.17, 15) is 13.2 Å². The van der Waals surface area contributed by atoms with Crippen LogP contribution in [0, 0.1) is 11.8 Å². The summed E-state index contributed by atoms with van der Waals surface area (Å²) in [6.45, 7) is 6.91. The zero-order valence-electron chi connectivity index (χ0n) is 16.1. The highest BCUT2D eigenvalue weighted by Gasteiger charge is 2.30. The molecule has 3 rings (SSSR count). The molecule has 0 spiro atoms. The number of sulfonamides is 1. The Bertz CT molecular complexity index is 783. The minimum atomic E-state index is -3.88. The van der Waals surface area contributed by atoms with E-state index >= 15 is 0 Å². The first-order chi connectivity index (χ1) is 12.9. The maximum atomic E-state index is 12.8. The van der Waals surface area contributed by atoms with Gasteiger partial charge in [-0.1, -0.05) is 13.8 Å². The van der Waals surface area contributed by atoms with E-state index in [1.54, 1.807) is 6.07 Å². The van der Waals surface area contributed by atoms with E-state index in [1.165, 1.54) is 12.1 Å². The summed E-state index contributed by atoms with van der Waals surface area (Å²) in [5, 5.41) is 5.99. The van der Waals surface area contributed by atoms with Crippen LogP contribution in [-0.4, -0.2) is 53.2 Å². The maximum Gasteiger partial charge on any atom is 0.241 e. The van der Waals surface area contributed by atoms with Gasteiger partial charge in [0.2, 0.25) is 15.9 Å². The van der Waals surface area contributed by atoms with Crippen molar-refractivity contribution in [2.75, 3.05) is 32.8 Å². The van der Waals surface area contributed by atoms with Crippen molar-refractivity contribution in [3.05, 3.63) is 18.2 Å². The van der Waals surface area contributed by atoms with Gasteiger partial charge in [-0.3, -0.25) is 4.79 Å². The quantitative estimate of drug-likeness (QED) is 0.590. The third kappa shape index (κ3) is 5.50. The fraction of sp³-hybridized carbons (Fsp3) is 0.611. The first-order valence-electron chi connectivity index (χ1n) is 9.27. The van der Waals surface area contributed by atoms with Crippen molar-refractivity contribution in [3.63, 3.8) is 0 Å². The molecule has 3 N–H and O–H groups in total. The molecule has 1 unspecified atom stereocenters. The van der Waals surface area contributed by atoms with Crippen molar-refractivity contribution >= 4 is 28.3 Å². The lowest BCUT2D eigenvalue weighted by Crippen LogP contribution is -2.53. The van der Waals surface area contributed by atoms with E-state index in [2.05, 4.69) is 15.4 Å². The summed E-state index contributed by atoms with van der Waals surface area (Å²) in [6, 6.07) is 3.64. The minimum Gasteiger partial charge on any atom is -0.490 e. The third-order valence-electron chi connectivity index (χ3n) is 4.69. The van der Waals surface area contributed by atoms with E-state index in [0.717, 1.165) is 19.5 Å². The first-order valence-corrected chi connectivity index (χ1v) is 10.8. The summed E-state index contributed by atoms with van der Waals surface area (Å²) in [5.74, 6) is 0.826. The number of nitrogens with one attached hydrogen (secondary N) is 3. The summed E-state index contributed by atoms with van der Waals surface area (Å²) in [6.07, 6.45) is 0.737. The normalized spacial score (nSPS) is 17.8. The van der Waals surface area contributed by atoms with Gasteiger partial charge in [0.25, 0.3) is 0 Å². The lowest BCUT2D eigenvalue weighted by Gasteiger charge is -2.28. The van der Waals surface area contributed by atoms with Gasteiger partial charge in [0.1, 0.15) is 6.04 Å². The number of rotatable bonds is 7. The number of benzene rings is 1. The summed E-state index contributed by atoms with van der Waals surface area (Å²) >= 11 is 0. The second kappa shape index (κ2) is 9.78. The fourth-order valence-corrected chi connectivity index (χ4v) is 4.24. The Morgan fingerprint density at radius 3 is 2.50 bits per heavy atom. The Morgan fingerprint density at radius 1 is 1.21 bits per heavy atom. The number of halogens is 1. The largest absolute Gasteiger partial charge is 0.490 e. The highest BCUT2D eigenvalue weighted by atomic mass is 35.5. The Morgan fingerprint density at radius 2 is 1.89 bits per heavy atom. The fourth-order valence-electron chi connectivity index (χ4n) is 2.89. The molecule has 1 saturated heterocycles. The van der Waals surface area contributed by atoms with Crippen molar-refractivity contribution in [2.24, 2.45) is 11.8 Å². The van der Waals surface area contributed by atoms with Crippen LogP contribution < -0.4 is 24.8 Å². The minimum absolute atomic E-state index is 0. The topological polar surface area (TPSA) is 106 Å². The smallest absolute Gasteiger partial charge is 0.241 e. The zero-order valence-corrected chi connectivity index (χ0v) is 17.7. The maximum absolute atomic E-state index is 12.8. The van der Waals surface area contributed by atoms with E-state index in [1.807, 2.05) is 13.8 Å². The molecule has 2 aliphatic heterocycles. The molecule has 8 nitrogen and oxygen atoms in total. The first kappa shape index (κ1) is 22.7. The molecule has 1 fully saturated rings. The van der Waals surface area contributed by atoms with Crippen molar-refractivity contribution in [3.8, 4) is 11.5 Å². The lowest BCUT2D eigenvalue weighted by molar-refractivity contribution is -0.123. The summed E-state index contributed by atoms with van der Waals surface area (Å²) in [7, 11) is -3.88. The monoisotopic (exact) mass is 433 g/mol. The van der Waals surface area contributed by atoms with Crippen molar-refractivity contribution in [1.29, 1.82) is 0 Å². The van der Waals surface area contributed by atoms with Crippen LogP contribution >= 0.6 is 12.4 Å². The van der Waals surface area contributed by atoms with E-state index in [4.69, 9.17) is 9.47 Å². The van der Waals surface area contributed by atoms with Gasteiger partial charge >= 0.3 is 0 Å². The number of carbonyl (C=O) groups is 1. The van der Waals surface area contributed by atoms with Crippen LogP contribution in [0.15, 0.2) is 23.1 Å².